The van der Waals surface area contributed by atoms with Gasteiger partial charge in [-0.3, -0.25) is 9.89 Å². The topological polar surface area (TPSA) is 42.9 Å². The summed E-state index contributed by atoms with van der Waals surface area (Å²) in [5.41, 5.74) is 2.74. The van der Waals surface area contributed by atoms with Crippen LogP contribution < -0.4 is 10.6 Å². The molecule has 1 atom stereocenters. The maximum Gasteiger partial charge on any atom is 0.191 e. The maximum absolute atomic E-state index is 4.37. The van der Waals surface area contributed by atoms with Crippen LogP contribution in [-0.2, 0) is 13.0 Å². The number of guanidine groups is 1. The second-order valence-electron chi connectivity index (χ2n) is 6.75. The number of aliphatic imine (C=N–C) groups is 1. The molecule has 25 heavy (non-hydrogen) atoms. The molecule has 5 nitrogen and oxygen atoms in total. The van der Waals surface area contributed by atoms with Gasteiger partial charge in [-0.05, 0) is 31.0 Å². The lowest BCUT2D eigenvalue weighted by Gasteiger charge is -2.37. The molecule has 1 heterocycles. The highest BCUT2D eigenvalue weighted by atomic mass is 15.3. The van der Waals surface area contributed by atoms with Gasteiger partial charge in [0.1, 0.15) is 0 Å². The van der Waals surface area contributed by atoms with Gasteiger partial charge in [0.2, 0.25) is 0 Å². The van der Waals surface area contributed by atoms with Crippen molar-refractivity contribution in [1.82, 2.24) is 20.4 Å². The quantitative estimate of drug-likeness (QED) is 0.585. The summed E-state index contributed by atoms with van der Waals surface area (Å²) in [6.45, 7) is 14.3. The smallest absolute Gasteiger partial charge is 0.191 e. The molecule has 1 fully saturated rings. The minimum absolute atomic E-state index is 0.514. The number of aryl methyl sites for hydroxylation is 1. The van der Waals surface area contributed by atoms with Crippen molar-refractivity contribution in [3.63, 3.8) is 0 Å². The molecule has 1 unspecified atom stereocenters. The average Bonchev–Trinajstić information content (AvgIpc) is 2.68. The van der Waals surface area contributed by atoms with Gasteiger partial charge in [0.25, 0.3) is 0 Å². The average molecular weight is 346 g/mol. The highest BCUT2D eigenvalue weighted by Gasteiger charge is 2.20. The largest absolute Gasteiger partial charge is 0.355 e. The number of nitrogens with one attached hydrogen (secondary N) is 2. The van der Waals surface area contributed by atoms with Crippen LogP contribution in [0.15, 0.2) is 29.3 Å². The fraction of sp³-hybridized carbons (Fsp3) is 0.650. The Balaban J connectivity index is 1.76. The Kier molecular flexibility index (Phi) is 8.22. The highest BCUT2D eigenvalue weighted by molar-refractivity contribution is 5.79. The van der Waals surface area contributed by atoms with E-state index in [0.717, 1.165) is 45.1 Å². The van der Waals surface area contributed by atoms with Crippen LogP contribution in [0.3, 0.4) is 0 Å². The standard InChI is InChI=1S/C20H35N5/c1-5-18-9-7-8-10-19(18)16-23-20(21-4)22-15-17(3)25-13-11-24(6-2)12-14-25/h7-10,17H,5-6,11-16H2,1-4H3,(H2,21,22,23). The second kappa shape index (κ2) is 10.4. The number of hydrogen-bond acceptors (Lipinski definition) is 3. The van der Waals surface area contributed by atoms with Crippen LogP contribution in [0.4, 0.5) is 0 Å². The van der Waals surface area contributed by atoms with E-state index in [-0.39, 0.29) is 0 Å². The molecule has 140 valence electrons. The van der Waals surface area contributed by atoms with Crippen molar-refractivity contribution >= 4 is 5.96 Å². The van der Waals surface area contributed by atoms with Gasteiger partial charge >= 0.3 is 0 Å². The van der Waals surface area contributed by atoms with Crippen LogP contribution in [0.25, 0.3) is 0 Å². The summed E-state index contributed by atoms with van der Waals surface area (Å²) >= 11 is 0. The third-order valence-corrected chi connectivity index (χ3v) is 5.21. The maximum atomic E-state index is 4.37. The Morgan fingerprint density at radius 1 is 1.08 bits per heavy atom. The number of hydrogen-bond donors (Lipinski definition) is 2. The molecule has 0 spiro atoms. The highest BCUT2D eigenvalue weighted by Crippen LogP contribution is 2.09. The minimum Gasteiger partial charge on any atom is -0.355 e. The second-order valence-corrected chi connectivity index (χ2v) is 6.75. The zero-order chi connectivity index (χ0) is 18.1. The van der Waals surface area contributed by atoms with Crippen LogP contribution in [-0.4, -0.2) is 68.1 Å². The normalized spacial score (nSPS) is 18.2. The lowest BCUT2D eigenvalue weighted by Crippen LogP contribution is -2.53. The van der Waals surface area contributed by atoms with Gasteiger partial charge in [0, 0.05) is 52.4 Å². The minimum atomic E-state index is 0.514. The van der Waals surface area contributed by atoms with Crippen molar-refractivity contribution in [2.45, 2.75) is 39.8 Å². The molecule has 2 N–H and O–H groups in total. The molecule has 0 radical (unpaired) electrons. The Labute approximate surface area is 153 Å². The molecule has 1 saturated heterocycles. The van der Waals surface area contributed by atoms with Gasteiger partial charge in [-0.25, -0.2) is 0 Å². The predicted octanol–water partition coefficient (Wildman–Crippen LogP) is 1.94. The van der Waals surface area contributed by atoms with Gasteiger partial charge in [-0.1, -0.05) is 38.1 Å². The summed E-state index contributed by atoms with van der Waals surface area (Å²) in [7, 11) is 1.84. The predicted molar refractivity (Wildman–Crippen MR) is 107 cm³/mol. The summed E-state index contributed by atoms with van der Waals surface area (Å²) in [6, 6.07) is 9.11. The number of likely N-dealkylation sites (N-methyl/N-ethyl adjacent to an activating group) is 1. The monoisotopic (exact) mass is 345 g/mol. The molecule has 1 aliphatic rings. The molecule has 0 saturated carbocycles. The molecule has 1 aromatic rings. The van der Waals surface area contributed by atoms with Crippen LogP contribution in [0.5, 0.6) is 0 Å². The lowest BCUT2D eigenvalue weighted by atomic mass is 10.1. The Morgan fingerprint density at radius 3 is 2.36 bits per heavy atom. The molecule has 2 rings (SSSR count). The summed E-state index contributed by atoms with van der Waals surface area (Å²) in [5.74, 6) is 0.880. The SMILES string of the molecule is CCc1ccccc1CNC(=NC)NCC(C)N1CCN(CC)CC1. The van der Waals surface area contributed by atoms with Crippen LogP contribution in [0.2, 0.25) is 0 Å². The van der Waals surface area contributed by atoms with Crippen LogP contribution in [0, 0.1) is 0 Å². The zero-order valence-electron chi connectivity index (χ0n) is 16.4. The molecule has 0 amide bonds. The van der Waals surface area contributed by atoms with Crippen molar-refractivity contribution in [2.24, 2.45) is 4.99 Å². The van der Waals surface area contributed by atoms with Crippen molar-refractivity contribution in [1.29, 1.82) is 0 Å². The number of nitrogens with zero attached hydrogens (tertiary/aromatic N) is 3. The van der Waals surface area contributed by atoms with Gasteiger partial charge in [-0.15, -0.1) is 0 Å². The molecule has 1 aromatic carbocycles. The first-order chi connectivity index (χ1) is 12.2. The molecule has 0 aliphatic carbocycles. The van der Waals surface area contributed by atoms with E-state index in [1.807, 2.05) is 7.05 Å². The third kappa shape index (κ3) is 6.01. The van der Waals surface area contributed by atoms with E-state index in [9.17, 15) is 0 Å². The van der Waals surface area contributed by atoms with Gasteiger partial charge < -0.3 is 15.5 Å². The van der Waals surface area contributed by atoms with Gasteiger partial charge in [-0.2, -0.15) is 0 Å². The Bertz CT molecular complexity index is 535. The van der Waals surface area contributed by atoms with E-state index in [4.69, 9.17) is 0 Å². The Hall–Kier alpha value is -1.59. The third-order valence-electron chi connectivity index (χ3n) is 5.21. The molecular weight excluding hydrogens is 310 g/mol. The van der Waals surface area contributed by atoms with Crippen molar-refractivity contribution in [3.05, 3.63) is 35.4 Å². The summed E-state index contributed by atoms with van der Waals surface area (Å²) in [5, 5.41) is 6.93. The molecule has 0 aromatic heterocycles. The Morgan fingerprint density at radius 2 is 1.76 bits per heavy atom. The van der Waals surface area contributed by atoms with Crippen LogP contribution in [0.1, 0.15) is 31.9 Å². The summed E-state index contributed by atoms with van der Waals surface area (Å²) < 4.78 is 0. The van der Waals surface area contributed by atoms with E-state index in [0.29, 0.717) is 6.04 Å². The fourth-order valence-electron chi connectivity index (χ4n) is 3.37. The first-order valence-electron chi connectivity index (χ1n) is 9.65. The van der Waals surface area contributed by atoms with Gasteiger partial charge in [0.05, 0.1) is 0 Å². The van der Waals surface area contributed by atoms with E-state index >= 15 is 0 Å². The van der Waals surface area contributed by atoms with Gasteiger partial charge in [0.15, 0.2) is 5.96 Å². The number of rotatable bonds is 7. The molecule has 1 aliphatic heterocycles. The first-order valence-corrected chi connectivity index (χ1v) is 9.65. The fourth-order valence-corrected chi connectivity index (χ4v) is 3.37. The summed E-state index contributed by atoms with van der Waals surface area (Å²) in [6.07, 6.45) is 1.06. The van der Waals surface area contributed by atoms with Crippen LogP contribution >= 0.6 is 0 Å². The number of benzene rings is 1. The summed E-state index contributed by atoms with van der Waals surface area (Å²) in [4.78, 5) is 9.45. The van der Waals surface area contributed by atoms with E-state index in [1.165, 1.54) is 24.2 Å². The van der Waals surface area contributed by atoms with E-state index in [1.54, 1.807) is 0 Å². The molecular formula is C20H35N5. The first kappa shape index (κ1) is 19.7. The lowest BCUT2D eigenvalue weighted by molar-refractivity contribution is 0.107. The van der Waals surface area contributed by atoms with E-state index < -0.39 is 0 Å². The molecule has 0 bridgehead atoms. The van der Waals surface area contributed by atoms with Crippen molar-refractivity contribution in [2.75, 3.05) is 46.3 Å². The van der Waals surface area contributed by atoms with Crippen molar-refractivity contribution < 1.29 is 0 Å². The van der Waals surface area contributed by atoms with E-state index in [2.05, 4.69) is 70.5 Å². The zero-order valence-corrected chi connectivity index (χ0v) is 16.4. The molecule has 5 heteroatoms. The number of piperazine rings is 1. The van der Waals surface area contributed by atoms with Crippen molar-refractivity contribution in [3.8, 4) is 0 Å².